The fourth-order valence-corrected chi connectivity index (χ4v) is 1.32. The lowest BCUT2D eigenvalue weighted by molar-refractivity contribution is 0.347. The number of aryl methyl sites for hydroxylation is 2. The molecule has 0 N–H and O–H groups in total. The second-order valence-electron chi connectivity index (χ2n) is 2.81. The van der Waals surface area contributed by atoms with E-state index >= 15 is 0 Å². The van der Waals surface area contributed by atoms with Gasteiger partial charge in [-0.1, -0.05) is 6.92 Å². The highest BCUT2D eigenvalue weighted by molar-refractivity contribution is 5.47. The van der Waals surface area contributed by atoms with Crippen LogP contribution in [-0.2, 0) is 6.42 Å². The Morgan fingerprint density at radius 1 is 1.23 bits per heavy atom. The van der Waals surface area contributed by atoms with Crippen LogP contribution in [0.4, 0.5) is 0 Å². The summed E-state index contributed by atoms with van der Waals surface area (Å²) in [6.45, 7) is 3.99. The van der Waals surface area contributed by atoms with E-state index in [4.69, 9.17) is 9.47 Å². The maximum Gasteiger partial charge on any atom is 0.182 e. The van der Waals surface area contributed by atoms with E-state index in [0.717, 1.165) is 29.2 Å². The number of hydrogen-bond acceptors (Lipinski definition) is 3. The lowest BCUT2D eigenvalue weighted by Gasteiger charge is -2.12. The second kappa shape index (κ2) is 4.12. The van der Waals surface area contributed by atoms with Crippen LogP contribution in [-0.4, -0.2) is 19.2 Å². The Labute approximate surface area is 78.7 Å². The van der Waals surface area contributed by atoms with Crippen molar-refractivity contribution < 1.29 is 9.47 Å². The molecule has 13 heavy (non-hydrogen) atoms. The molecule has 3 nitrogen and oxygen atoms in total. The van der Waals surface area contributed by atoms with Crippen molar-refractivity contribution >= 4 is 0 Å². The van der Waals surface area contributed by atoms with E-state index in [1.54, 1.807) is 20.4 Å². The topological polar surface area (TPSA) is 31.4 Å². The molecule has 0 aliphatic heterocycles. The number of nitrogens with zero attached hydrogens (tertiary/aromatic N) is 1. The second-order valence-corrected chi connectivity index (χ2v) is 2.81. The Kier molecular flexibility index (Phi) is 3.12. The molecule has 0 amide bonds. The van der Waals surface area contributed by atoms with Crippen LogP contribution in [0, 0.1) is 6.92 Å². The van der Waals surface area contributed by atoms with E-state index < -0.39 is 0 Å². The van der Waals surface area contributed by atoms with E-state index in [2.05, 4.69) is 4.98 Å². The van der Waals surface area contributed by atoms with Gasteiger partial charge in [-0.25, -0.2) is 0 Å². The Morgan fingerprint density at radius 3 is 2.31 bits per heavy atom. The molecule has 0 saturated heterocycles. The lowest BCUT2D eigenvalue weighted by Crippen LogP contribution is -1.99. The predicted molar refractivity (Wildman–Crippen MR) is 51.5 cm³/mol. The Morgan fingerprint density at radius 2 is 1.85 bits per heavy atom. The summed E-state index contributed by atoms with van der Waals surface area (Å²) in [6, 6.07) is 0. The molecule has 0 fully saturated rings. The molecule has 0 bridgehead atoms. The zero-order valence-corrected chi connectivity index (χ0v) is 8.55. The molecule has 1 aromatic rings. The number of aromatic nitrogens is 1. The van der Waals surface area contributed by atoms with Crippen molar-refractivity contribution in [3.8, 4) is 11.5 Å². The van der Waals surface area contributed by atoms with Gasteiger partial charge in [0.2, 0.25) is 0 Å². The van der Waals surface area contributed by atoms with Crippen LogP contribution in [0.5, 0.6) is 11.5 Å². The third kappa shape index (κ3) is 1.74. The van der Waals surface area contributed by atoms with Gasteiger partial charge in [0.05, 0.1) is 19.9 Å². The van der Waals surface area contributed by atoms with Crippen LogP contribution >= 0.6 is 0 Å². The van der Waals surface area contributed by atoms with E-state index in [1.807, 2.05) is 13.8 Å². The summed E-state index contributed by atoms with van der Waals surface area (Å²) in [5.41, 5.74) is 1.93. The molecule has 0 radical (unpaired) electrons. The quantitative estimate of drug-likeness (QED) is 0.714. The Hall–Kier alpha value is -1.25. The van der Waals surface area contributed by atoms with Crippen LogP contribution in [0.15, 0.2) is 6.20 Å². The third-order valence-electron chi connectivity index (χ3n) is 1.98. The molecule has 0 aliphatic carbocycles. The van der Waals surface area contributed by atoms with Crippen molar-refractivity contribution in [3.63, 3.8) is 0 Å². The molecule has 1 rings (SSSR count). The molecule has 72 valence electrons. The van der Waals surface area contributed by atoms with Crippen molar-refractivity contribution in [1.82, 2.24) is 4.98 Å². The molecular weight excluding hydrogens is 166 g/mol. The Bertz CT molecular complexity index is 297. The van der Waals surface area contributed by atoms with E-state index in [9.17, 15) is 0 Å². The van der Waals surface area contributed by atoms with Gasteiger partial charge in [-0.05, 0) is 13.3 Å². The van der Waals surface area contributed by atoms with Crippen molar-refractivity contribution in [2.75, 3.05) is 14.2 Å². The van der Waals surface area contributed by atoms with E-state index in [-0.39, 0.29) is 0 Å². The molecule has 1 heterocycles. The molecule has 1 aromatic heterocycles. The lowest BCUT2D eigenvalue weighted by atomic mass is 10.2. The molecule has 0 spiro atoms. The van der Waals surface area contributed by atoms with Crippen LogP contribution < -0.4 is 9.47 Å². The van der Waals surface area contributed by atoms with Crippen molar-refractivity contribution in [2.24, 2.45) is 0 Å². The first-order valence-corrected chi connectivity index (χ1v) is 4.31. The number of methoxy groups -OCH3 is 2. The van der Waals surface area contributed by atoms with E-state index in [0.29, 0.717) is 0 Å². The number of ether oxygens (including phenoxy) is 2. The highest BCUT2D eigenvalue weighted by Crippen LogP contribution is 2.32. The fourth-order valence-electron chi connectivity index (χ4n) is 1.32. The molecule has 0 aliphatic rings. The highest BCUT2D eigenvalue weighted by Gasteiger charge is 2.11. The minimum atomic E-state index is 0.755. The first kappa shape index (κ1) is 9.84. The van der Waals surface area contributed by atoms with Gasteiger partial charge in [-0.2, -0.15) is 0 Å². The maximum atomic E-state index is 5.25. The van der Waals surface area contributed by atoms with Gasteiger partial charge in [0.1, 0.15) is 0 Å². The first-order chi connectivity index (χ1) is 6.24. The zero-order chi connectivity index (χ0) is 9.84. The first-order valence-electron chi connectivity index (χ1n) is 4.31. The average Bonchev–Trinajstić information content (AvgIpc) is 2.17. The number of pyridine rings is 1. The smallest absolute Gasteiger partial charge is 0.182 e. The summed E-state index contributed by atoms with van der Waals surface area (Å²) in [5.74, 6) is 1.54. The van der Waals surface area contributed by atoms with Gasteiger partial charge in [0, 0.05) is 11.8 Å². The van der Waals surface area contributed by atoms with Gasteiger partial charge in [-0.3, -0.25) is 4.98 Å². The minimum absolute atomic E-state index is 0.755. The average molecular weight is 181 g/mol. The summed E-state index contributed by atoms with van der Waals surface area (Å²) in [4.78, 5) is 4.27. The minimum Gasteiger partial charge on any atom is -0.492 e. The zero-order valence-electron chi connectivity index (χ0n) is 8.55. The molecule has 0 atom stereocenters. The summed E-state index contributed by atoms with van der Waals surface area (Å²) in [7, 11) is 3.28. The molecule has 0 aromatic carbocycles. The summed E-state index contributed by atoms with van der Waals surface area (Å²) in [5, 5.41) is 0. The molecule has 0 unspecified atom stereocenters. The normalized spacial score (nSPS) is 9.85. The molecule has 0 saturated carbocycles. The SMILES string of the molecule is CCc1ncc(C)c(OC)c1OC. The third-order valence-corrected chi connectivity index (χ3v) is 1.98. The van der Waals surface area contributed by atoms with Crippen LogP contribution in [0.25, 0.3) is 0 Å². The standard InChI is InChI=1S/C10H15NO2/c1-5-8-10(13-4)9(12-3)7(2)6-11-8/h6H,5H2,1-4H3. The van der Waals surface area contributed by atoms with Gasteiger partial charge in [0.15, 0.2) is 11.5 Å². The van der Waals surface area contributed by atoms with Gasteiger partial charge < -0.3 is 9.47 Å². The summed E-state index contributed by atoms with van der Waals surface area (Å²) in [6.07, 6.45) is 2.65. The summed E-state index contributed by atoms with van der Waals surface area (Å²) < 4.78 is 10.5. The van der Waals surface area contributed by atoms with Gasteiger partial charge >= 0.3 is 0 Å². The summed E-state index contributed by atoms with van der Waals surface area (Å²) >= 11 is 0. The van der Waals surface area contributed by atoms with Gasteiger partial charge in [0.25, 0.3) is 0 Å². The van der Waals surface area contributed by atoms with Crippen molar-refractivity contribution in [2.45, 2.75) is 20.3 Å². The van der Waals surface area contributed by atoms with Crippen LogP contribution in [0.2, 0.25) is 0 Å². The van der Waals surface area contributed by atoms with Gasteiger partial charge in [-0.15, -0.1) is 0 Å². The highest BCUT2D eigenvalue weighted by atomic mass is 16.5. The number of hydrogen-bond donors (Lipinski definition) is 0. The Balaban J connectivity index is 3.27. The van der Waals surface area contributed by atoms with E-state index in [1.165, 1.54) is 0 Å². The van der Waals surface area contributed by atoms with Crippen molar-refractivity contribution in [1.29, 1.82) is 0 Å². The predicted octanol–water partition coefficient (Wildman–Crippen LogP) is 1.97. The molecular formula is C10H15NO2. The maximum absolute atomic E-state index is 5.25. The van der Waals surface area contributed by atoms with Crippen molar-refractivity contribution in [3.05, 3.63) is 17.5 Å². The number of rotatable bonds is 3. The monoisotopic (exact) mass is 181 g/mol. The largest absolute Gasteiger partial charge is 0.492 e. The van der Waals surface area contributed by atoms with Crippen LogP contribution in [0.3, 0.4) is 0 Å². The molecule has 3 heteroatoms. The van der Waals surface area contributed by atoms with Crippen LogP contribution in [0.1, 0.15) is 18.2 Å². The fraction of sp³-hybridized carbons (Fsp3) is 0.500.